The number of amides is 1. The van der Waals surface area contributed by atoms with Crippen LogP contribution in [0.5, 0.6) is 17.2 Å². The van der Waals surface area contributed by atoms with Gasteiger partial charge in [0.2, 0.25) is 6.79 Å². The highest BCUT2D eigenvalue weighted by molar-refractivity contribution is 7.80. The van der Waals surface area contributed by atoms with Crippen LogP contribution in [0.2, 0.25) is 0 Å². The van der Waals surface area contributed by atoms with Crippen molar-refractivity contribution in [2.24, 2.45) is 0 Å². The van der Waals surface area contributed by atoms with Gasteiger partial charge in [0.05, 0.1) is 11.9 Å². The molecule has 0 saturated carbocycles. The van der Waals surface area contributed by atoms with Gasteiger partial charge in [-0.1, -0.05) is 24.3 Å². The zero-order valence-electron chi connectivity index (χ0n) is 15.1. The molecule has 9 nitrogen and oxygen atoms in total. The molecule has 10 heteroatoms. The topological polar surface area (TPSA) is 110 Å². The lowest BCUT2D eigenvalue weighted by Crippen LogP contribution is -2.46. The summed E-state index contributed by atoms with van der Waals surface area (Å²) in [5, 5.41) is 17.3. The SMILES string of the molecule is O=C(NNC(=S)NCc1ccc2c(c1)OCO2)c1nn(-c2ccccc2)cc1O. The van der Waals surface area contributed by atoms with E-state index in [4.69, 9.17) is 21.7 Å². The first-order valence-corrected chi connectivity index (χ1v) is 9.08. The number of carbonyl (C=O) groups is 1. The number of para-hydroxylation sites is 1. The van der Waals surface area contributed by atoms with E-state index in [-0.39, 0.29) is 23.3 Å². The van der Waals surface area contributed by atoms with Crippen molar-refractivity contribution in [2.75, 3.05) is 6.79 Å². The summed E-state index contributed by atoms with van der Waals surface area (Å²) < 4.78 is 12.0. The van der Waals surface area contributed by atoms with Crippen molar-refractivity contribution in [2.45, 2.75) is 6.54 Å². The number of nitrogens with zero attached hydrogens (tertiary/aromatic N) is 2. The molecule has 1 aliphatic heterocycles. The van der Waals surface area contributed by atoms with Gasteiger partial charge in [-0.2, -0.15) is 5.10 Å². The number of nitrogens with one attached hydrogen (secondary N) is 3. The summed E-state index contributed by atoms with van der Waals surface area (Å²) in [5.74, 6) is 0.522. The van der Waals surface area contributed by atoms with Crippen molar-refractivity contribution in [3.8, 4) is 22.9 Å². The van der Waals surface area contributed by atoms with Gasteiger partial charge in [0.25, 0.3) is 5.91 Å². The molecular formula is C19H17N5O4S. The summed E-state index contributed by atoms with van der Waals surface area (Å²) in [7, 11) is 0. The van der Waals surface area contributed by atoms with Gasteiger partial charge >= 0.3 is 0 Å². The molecule has 0 unspecified atom stereocenters. The molecular weight excluding hydrogens is 394 g/mol. The van der Waals surface area contributed by atoms with Crippen molar-refractivity contribution >= 4 is 23.2 Å². The molecule has 0 radical (unpaired) electrons. The summed E-state index contributed by atoms with van der Waals surface area (Å²) in [6.45, 7) is 0.636. The second-order valence-electron chi connectivity index (χ2n) is 6.09. The molecule has 0 fully saturated rings. The number of hydrazine groups is 1. The highest BCUT2D eigenvalue weighted by atomic mass is 32.1. The summed E-state index contributed by atoms with van der Waals surface area (Å²) in [6, 6.07) is 14.7. The van der Waals surface area contributed by atoms with E-state index in [9.17, 15) is 9.90 Å². The minimum atomic E-state index is -0.621. The largest absolute Gasteiger partial charge is 0.504 e. The van der Waals surface area contributed by atoms with Gasteiger partial charge < -0.3 is 19.9 Å². The number of hydrogen-bond donors (Lipinski definition) is 4. The molecule has 1 aromatic heterocycles. The summed E-state index contributed by atoms with van der Waals surface area (Å²) in [6.07, 6.45) is 1.36. The molecule has 0 bridgehead atoms. The van der Waals surface area contributed by atoms with E-state index < -0.39 is 5.91 Å². The molecule has 4 rings (SSSR count). The lowest BCUT2D eigenvalue weighted by Gasteiger charge is -2.11. The van der Waals surface area contributed by atoms with Gasteiger partial charge in [0.1, 0.15) is 0 Å². The van der Waals surface area contributed by atoms with E-state index in [0.717, 1.165) is 11.3 Å². The van der Waals surface area contributed by atoms with Crippen LogP contribution in [0.3, 0.4) is 0 Å². The van der Waals surface area contributed by atoms with E-state index in [1.54, 1.807) is 0 Å². The number of rotatable bonds is 4. The standard InChI is InChI=1S/C19H17N5O4S/c25-14-10-24(13-4-2-1-3-5-13)23-17(14)18(26)21-22-19(29)20-9-12-6-7-15-16(8-12)28-11-27-15/h1-8,10,25H,9,11H2,(H,21,26)(H2,20,22,29). The van der Waals surface area contributed by atoms with E-state index in [2.05, 4.69) is 21.3 Å². The van der Waals surface area contributed by atoms with Crippen LogP contribution < -0.4 is 25.6 Å². The van der Waals surface area contributed by atoms with Crippen LogP contribution in [0.25, 0.3) is 5.69 Å². The Labute approximate surface area is 171 Å². The summed E-state index contributed by atoms with van der Waals surface area (Å²) >= 11 is 5.15. The number of ether oxygens (including phenoxy) is 2. The maximum absolute atomic E-state index is 12.3. The lowest BCUT2D eigenvalue weighted by molar-refractivity contribution is 0.0935. The third-order valence-corrected chi connectivity index (χ3v) is 4.36. The van der Waals surface area contributed by atoms with Gasteiger partial charge in [-0.25, -0.2) is 4.68 Å². The molecule has 1 aliphatic rings. The van der Waals surface area contributed by atoms with Gasteiger partial charge in [0.15, 0.2) is 28.1 Å². The summed E-state index contributed by atoms with van der Waals surface area (Å²) in [4.78, 5) is 12.3. The van der Waals surface area contributed by atoms with E-state index >= 15 is 0 Å². The first-order chi connectivity index (χ1) is 14.1. The second kappa shape index (κ2) is 8.07. The van der Waals surface area contributed by atoms with Gasteiger partial charge in [-0.3, -0.25) is 15.6 Å². The Morgan fingerprint density at radius 2 is 1.93 bits per heavy atom. The first-order valence-electron chi connectivity index (χ1n) is 8.67. The third kappa shape index (κ3) is 4.22. The number of hydrogen-bond acceptors (Lipinski definition) is 6. The van der Waals surface area contributed by atoms with Crippen LogP contribution in [0.4, 0.5) is 0 Å². The number of thiocarbonyl (C=S) groups is 1. The average Bonchev–Trinajstić information content (AvgIpc) is 3.37. The van der Waals surface area contributed by atoms with Crippen LogP contribution >= 0.6 is 12.2 Å². The number of aromatic nitrogens is 2. The minimum absolute atomic E-state index is 0.125. The molecule has 0 aliphatic carbocycles. The Kier molecular flexibility index (Phi) is 5.16. The second-order valence-corrected chi connectivity index (χ2v) is 6.50. The molecule has 29 heavy (non-hydrogen) atoms. The fraction of sp³-hybridized carbons (Fsp3) is 0.105. The Hall–Kier alpha value is -3.79. The molecule has 0 spiro atoms. The smallest absolute Gasteiger partial charge is 0.294 e. The zero-order valence-corrected chi connectivity index (χ0v) is 15.9. The lowest BCUT2D eigenvalue weighted by atomic mass is 10.2. The molecule has 2 heterocycles. The van der Waals surface area contributed by atoms with Crippen LogP contribution in [-0.2, 0) is 6.54 Å². The summed E-state index contributed by atoms with van der Waals surface area (Å²) in [5.41, 5.74) is 6.52. The molecule has 4 N–H and O–H groups in total. The van der Waals surface area contributed by atoms with Crippen molar-refractivity contribution in [3.05, 3.63) is 66.0 Å². The quantitative estimate of drug-likeness (QED) is 0.379. The minimum Gasteiger partial charge on any atom is -0.504 e. The number of carbonyl (C=O) groups excluding carboxylic acids is 1. The molecule has 0 atom stereocenters. The molecule has 1 amide bonds. The normalized spacial score (nSPS) is 11.7. The molecule has 148 valence electrons. The highest BCUT2D eigenvalue weighted by Gasteiger charge is 2.17. The molecule has 3 aromatic rings. The van der Waals surface area contributed by atoms with E-state index in [0.29, 0.717) is 18.0 Å². The van der Waals surface area contributed by atoms with E-state index in [1.165, 1.54) is 10.9 Å². The maximum atomic E-state index is 12.3. The third-order valence-electron chi connectivity index (χ3n) is 4.11. The van der Waals surface area contributed by atoms with Crippen molar-refractivity contribution in [3.63, 3.8) is 0 Å². The van der Waals surface area contributed by atoms with Gasteiger partial charge in [0, 0.05) is 6.54 Å². The fourth-order valence-electron chi connectivity index (χ4n) is 2.69. The Morgan fingerprint density at radius 3 is 2.76 bits per heavy atom. The van der Waals surface area contributed by atoms with Crippen molar-refractivity contribution in [1.82, 2.24) is 25.9 Å². The average molecular weight is 411 g/mol. The van der Waals surface area contributed by atoms with Crippen molar-refractivity contribution in [1.29, 1.82) is 0 Å². The fourth-order valence-corrected chi connectivity index (χ4v) is 2.81. The Morgan fingerprint density at radius 1 is 1.14 bits per heavy atom. The van der Waals surface area contributed by atoms with Gasteiger partial charge in [-0.05, 0) is 42.0 Å². The predicted octanol–water partition coefficient (Wildman–Crippen LogP) is 1.62. The molecule has 2 aromatic carbocycles. The number of aromatic hydroxyl groups is 1. The highest BCUT2D eigenvalue weighted by Crippen LogP contribution is 2.32. The van der Waals surface area contributed by atoms with Crippen molar-refractivity contribution < 1.29 is 19.4 Å². The molecule has 0 saturated heterocycles. The predicted molar refractivity (Wildman–Crippen MR) is 108 cm³/mol. The van der Waals surface area contributed by atoms with Crippen LogP contribution in [0.15, 0.2) is 54.7 Å². The Balaban J connectivity index is 1.30. The number of fused-ring (bicyclic) bond motifs is 1. The van der Waals surface area contributed by atoms with Gasteiger partial charge in [-0.15, -0.1) is 0 Å². The number of benzene rings is 2. The Bertz CT molecular complexity index is 1050. The zero-order chi connectivity index (χ0) is 20.2. The maximum Gasteiger partial charge on any atom is 0.294 e. The van der Waals surface area contributed by atoms with Crippen LogP contribution in [-0.4, -0.2) is 32.7 Å². The van der Waals surface area contributed by atoms with E-state index in [1.807, 2.05) is 48.5 Å². The van der Waals surface area contributed by atoms with Crippen LogP contribution in [0, 0.1) is 0 Å². The van der Waals surface area contributed by atoms with Crippen LogP contribution in [0.1, 0.15) is 16.1 Å². The monoisotopic (exact) mass is 411 g/mol. The first kappa shape index (κ1) is 18.6.